The fourth-order valence-electron chi connectivity index (χ4n) is 1.33. The molecule has 0 aliphatic heterocycles. The number of hydrogen-bond acceptors (Lipinski definition) is 4. The van der Waals surface area contributed by atoms with Gasteiger partial charge in [-0.15, -0.1) is 0 Å². The van der Waals surface area contributed by atoms with Gasteiger partial charge >= 0.3 is 5.97 Å². The van der Waals surface area contributed by atoms with Crippen LogP contribution in [0.2, 0.25) is 0 Å². The van der Waals surface area contributed by atoms with Gasteiger partial charge in [0.05, 0.1) is 7.11 Å². The minimum absolute atomic E-state index is 0.262. The minimum atomic E-state index is -1.26. The van der Waals surface area contributed by atoms with Crippen LogP contribution in [-0.4, -0.2) is 23.8 Å². The monoisotopic (exact) mass is 207 g/mol. The molecule has 4 heteroatoms. The summed E-state index contributed by atoms with van der Waals surface area (Å²) < 4.78 is 4.64. The zero-order valence-electron chi connectivity index (χ0n) is 8.98. The van der Waals surface area contributed by atoms with Crippen molar-refractivity contribution in [2.24, 2.45) is 0 Å². The maximum Gasteiger partial charge on any atom is 0.323 e. The second kappa shape index (κ2) is 4.21. The molecule has 1 heterocycles. The van der Waals surface area contributed by atoms with Crippen LogP contribution in [0.4, 0.5) is 0 Å². The van der Waals surface area contributed by atoms with Crippen LogP contribution in [0.1, 0.15) is 19.4 Å². The van der Waals surface area contributed by atoms with Crippen molar-refractivity contribution in [2.75, 3.05) is 7.11 Å². The highest BCUT2D eigenvalue weighted by Gasteiger charge is 2.41. The third-order valence-corrected chi connectivity index (χ3v) is 2.54. The van der Waals surface area contributed by atoms with E-state index in [9.17, 15) is 9.59 Å². The van der Waals surface area contributed by atoms with E-state index < -0.39 is 11.4 Å². The first-order valence-electron chi connectivity index (χ1n) is 4.53. The van der Waals surface area contributed by atoms with Gasteiger partial charge in [0.2, 0.25) is 0 Å². The maximum absolute atomic E-state index is 11.6. The number of carbonyl (C=O) groups is 2. The van der Waals surface area contributed by atoms with Crippen LogP contribution >= 0.6 is 0 Å². The predicted octanol–water partition coefficient (Wildman–Crippen LogP) is 1.10. The van der Waals surface area contributed by atoms with Gasteiger partial charge in [-0.1, -0.05) is 6.07 Å². The van der Waals surface area contributed by atoms with Gasteiger partial charge in [-0.3, -0.25) is 14.6 Å². The van der Waals surface area contributed by atoms with Crippen LogP contribution in [0.5, 0.6) is 0 Å². The molecule has 15 heavy (non-hydrogen) atoms. The van der Waals surface area contributed by atoms with Crippen molar-refractivity contribution in [1.82, 2.24) is 4.98 Å². The van der Waals surface area contributed by atoms with Crippen LogP contribution in [-0.2, 0) is 19.7 Å². The molecule has 0 spiro atoms. The van der Waals surface area contributed by atoms with Gasteiger partial charge in [0, 0.05) is 12.4 Å². The Balaban J connectivity index is 3.25. The van der Waals surface area contributed by atoms with E-state index >= 15 is 0 Å². The molecule has 0 fully saturated rings. The molecular formula is C11H13NO3. The number of aromatic nitrogens is 1. The van der Waals surface area contributed by atoms with E-state index in [1.54, 1.807) is 18.3 Å². The Hall–Kier alpha value is -1.71. The summed E-state index contributed by atoms with van der Waals surface area (Å²) in [5, 5.41) is 0. The largest absolute Gasteiger partial charge is 0.468 e. The summed E-state index contributed by atoms with van der Waals surface area (Å²) >= 11 is 0. The Labute approximate surface area is 88.3 Å². The highest BCUT2D eigenvalue weighted by molar-refractivity contribution is 6.08. The van der Waals surface area contributed by atoms with Crippen molar-refractivity contribution in [1.29, 1.82) is 0 Å². The highest BCUT2D eigenvalue weighted by atomic mass is 16.5. The quantitative estimate of drug-likeness (QED) is 0.550. The van der Waals surface area contributed by atoms with E-state index in [0.29, 0.717) is 5.56 Å². The normalized spacial score (nSPS) is 14.1. The standard InChI is InChI=1S/C11H13NO3/c1-8(13)11(2,10(14)15-3)9-5-4-6-12-7-9/h4-7H,1-3H3. The molecule has 0 saturated carbocycles. The average molecular weight is 207 g/mol. The Kier molecular flexibility index (Phi) is 3.19. The van der Waals surface area contributed by atoms with E-state index in [0.717, 1.165) is 0 Å². The molecule has 1 aromatic heterocycles. The maximum atomic E-state index is 11.6. The number of methoxy groups -OCH3 is 1. The first-order chi connectivity index (χ1) is 7.03. The minimum Gasteiger partial charge on any atom is -0.468 e. The number of pyridine rings is 1. The van der Waals surface area contributed by atoms with Crippen molar-refractivity contribution >= 4 is 11.8 Å². The molecule has 0 aliphatic carbocycles. The lowest BCUT2D eigenvalue weighted by molar-refractivity contribution is -0.150. The Morgan fingerprint density at radius 2 is 2.13 bits per heavy atom. The van der Waals surface area contributed by atoms with Crippen molar-refractivity contribution in [2.45, 2.75) is 19.3 Å². The third kappa shape index (κ3) is 1.88. The van der Waals surface area contributed by atoms with Crippen molar-refractivity contribution < 1.29 is 14.3 Å². The lowest BCUT2D eigenvalue weighted by atomic mass is 9.80. The van der Waals surface area contributed by atoms with E-state index in [2.05, 4.69) is 9.72 Å². The lowest BCUT2D eigenvalue weighted by Gasteiger charge is -2.23. The molecule has 1 rings (SSSR count). The molecular weight excluding hydrogens is 194 g/mol. The summed E-state index contributed by atoms with van der Waals surface area (Å²) in [6, 6.07) is 3.37. The fourth-order valence-corrected chi connectivity index (χ4v) is 1.33. The van der Waals surface area contributed by atoms with Gasteiger partial charge in [0.1, 0.15) is 5.41 Å². The molecule has 1 unspecified atom stereocenters. The number of carbonyl (C=O) groups excluding carboxylic acids is 2. The summed E-state index contributed by atoms with van der Waals surface area (Å²) in [6.07, 6.45) is 3.08. The van der Waals surface area contributed by atoms with Crippen LogP contribution < -0.4 is 0 Å². The summed E-state index contributed by atoms with van der Waals surface area (Å²) in [6.45, 7) is 2.90. The zero-order chi connectivity index (χ0) is 11.5. The molecule has 0 bridgehead atoms. The van der Waals surface area contributed by atoms with Crippen LogP contribution in [0.25, 0.3) is 0 Å². The molecule has 1 aromatic rings. The number of ketones is 1. The Bertz CT molecular complexity index is 375. The number of rotatable bonds is 3. The van der Waals surface area contributed by atoms with Crippen LogP contribution in [0.3, 0.4) is 0 Å². The van der Waals surface area contributed by atoms with Crippen molar-refractivity contribution in [3.63, 3.8) is 0 Å². The summed E-state index contributed by atoms with van der Waals surface area (Å²) in [5.41, 5.74) is -0.715. The number of esters is 1. The summed E-state index contributed by atoms with van der Waals surface area (Å²) in [4.78, 5) is 27.0. The fraction of sp³-hybridized carbons (Fsp3) is 0.364. The Morgan fingerprint density at radius 3 is 2.53 bits per heavy atom. The van der Waals surface area contributed by atoms with Crippen molar-refractivity contribution in [3.05, 3.63) is 30.1 Å². The average Bonchev–Trinajstić information content (AvgIpc) is 2.27. The van der Waals surface area contributed by atoms with Crippen LogP contribution in [0.15, 0.2) is 24.5 Å². The zero-order valence-corrected chi connectivity index (χ0v) is 8.98. The Morgan fingerprint density at radius 1 is 1.47 bits per heavy atom. The second-order valence-electron chi connectivity index (χ2n) is 3.41. The van der Waals surface area contributed by atoms with Crippen molar-refractivity contribution in [3.8, 4) is 0 Å². The lowest BCUT2D eigenvalue weighted by Crippen LogP contribution is -2.40. The summed E-state index contributed by atoms with van der Waals surface area (Å²) in [5.74, 6) is -0.828. The van der Waals surface area contributed by atoms with E-state index in [1.807, 2.05) is 0 Å². The van der Waals surface area contributed by atoms with Gasteiger partial charge in [-0.05, 0) is 25.5 Å². The molecule has 1 atom stereocenters. The number of ether oxygens (including phenoxy) is 1. The molecule has 0 aliphatic rings. The number of Topliss-reactive ketones (excluding diaryl/α,β-unsaturated/α-hetero) is 1. The molecule has 4 nitrogen and oxygen atoms in total. The molecule has 0 N–H and O–H groups in total. The number of hydrogen-bond donors (Lipinski definition) is 0. The highest BCUT2D eigenvalue weighted by Crippen LogP contribution is 2.25. The van der Waals surface area contributed by atoms with E-state index in [1.165, 1.54) is 27.2 Å². The SMILES string of the molecule is COC(=O)C(C)(C(C)=O)c1cccnc1. The third-order valence-electron chi connectivity index (χ3n) is 2.54. The van der Waals surface area contributed by atoms with Gasteiger partial charge in [-0.25, -0.2) is 0 Å². The van der Waals surface area contributed by atoms with Gasteiger partial charge in [0.15, 0.2) is 5.78 Å². The predicted molar refractivity (Wildman–Crippen MR) is 54.3 cm³/mol. The first-order valence-corrected chi connectivity index (χ1v) is 4.53. The molecule has 0 amide bonds. The van der Waals surface area contributed by atoms with E-state index in [4.69, 9.17) is 0 Å². The topological polar surface area (TPSA) is 56.3 Å². The second-order valence-corrected chi connectivity index (χ2v) is 3.41. The van der Waals surface area contributed by atoms with E-state index in [-0.39, 0.29) is 5.78 Å². The first kappa shape index (κ1) is 11.4. The van der Waals surface area contributed by atoms with Gasteiger partial charge < -0.3 is 4.74 Å². The van der Waals surface area contributed by atoms with Crippen LogP contribution in [0, 0.1) is 0 Å². The molecule has 80 valence electrons. The summed E-state index contributed by atoms with van der Waals surface area (Å²) in [7, 11) is 1.26. The van der Waals surface area contributed by atoms with Gasteiger partial charge in [0.25, 0.3) is 0 Å². The molecule has 0 radical (unpaired) electrons. The number of nitrogens with zero attached hydrogens (tertiary/aromatic N) is 1. The molecule has 0 aromatic carbocycles. The smallest absolute Gasteiger partial charge is 0.323 e. The molecule has 0 saturated heterocycles. The van der Waals surface area contributed by atoms with Gasteiger partial charge in [-0.2, -0.15) is 0 Å².